The van der Waals surface area contributed by atoms with Gasteiger partial charge < -0.3 is 22.1 Å². The first-order valence-corrected chi connectivity index (χ1v) is 12.9. The molecule has 0 saturated heterocycles. The predicted molar refractivity (Wildman–Crippen MR) is 162 cm³/mol. The van der Waals surface area contributed by atoms with Crippen LogP contribution in [0.3, 0.4) is 0 Å². The van der Waals surface area contributed by atoms with E-state index in [0.717, 1.165) is 77.9 Å². The van der Waals surface area contributed by atoms with E-state index in [1.54, 1.807) is 0 Å². The van der Waals surface area contributed by atoms with Crippen LogP contribution in [0.4, 0.5) is 34.1 Å². The molecule has 0 aromatic heterocycles. The number of carbonyl (C=O) groups is 1. The predicted octanol–water partition coefficient (Wildman–Crippen LogP) is 7.78. The lowest BCUT2D eigenvalue weighted by Crippen LogP contribution is -2.15. The highest BCUT2D eigenvalue weighted by Crippen LogP contribution is 2.33. The van der Waals surface area contributed by atoms with Crippen LogP contribution in [0.15, 0.2) is 109 Å². The standard InChI is InChI=1S/C34H26N4O/c35-26-6-1-22-16-28(8-3-20(22)14-26)37-30-11-12-32-25(18-30)13-24-5-10-31(19-33(24)34(32)39)38-29-9-4-21-15-27(36)7-2-23(21)17-29/h1-12,14-19,37-38H,13,35-36H2. The molecule has 0 saturated carbocycles. The van der Waals surface area contributed by atoms with Gasteiger partial charge in [0.1, 0.15) is 0 Å². The van der Waals surface area contributed by atoms with Crippen molar-refractivity contribution >= 4 is 61.5 Å². The van der Waals surface area contributed by atoms with Gasteiger partial charge in [0.05, 0.1) is 0 Å². The highest BCUT2D eigenvalue weighted by molar-refractivity contribution is 6.13. The van der Waals surface area contributed by atoms with Crippen LogP contribution in [0, 0.1) is 0 Å². The van der Waals surface area contributed by atoms with Gasteiger partial charge in [0.15, 0.2) is 5.78 Å². The largest absolute Gasteiger partial charge is 0.399 e. The van der Waals surface area contributed by atoms with Gasteiger partial charge in [0, 0.05) is 45.3 Å². The van der Waals surface area contributed by atoms with Crippen LogP contribution in [0.5, 0.6) is 0 Å². The molecule has 188 valence electrons. The van der Waals surface area contributed by atoms with Crippen molar-refractivity contribution in [3.63, 3.8) is 0 Å². The van der Waals surface area contributed by atoms with Crippen molar-refractivity contribution in [1.82, 2.24) is 0 Å². The van der Waals surface area contributed by atoms with Crippen LogP contribution < -0.4 is 22.1 Å². The van der Waals surface area contributed by atoms with Crippen molar-refractivity contribution in [1.29, 1.82) is 0 Å². The van der Waals surface area contributed by atoms with Gasteiger partial charge in [-0.2, -0.15) is 0 Å². The first kappa shape index (κ1) is 22.9. The Kier molecular flexibility index (Phi) is 5.23. The summed E-state index contributed by atoms with van der Waals surface area (Å²) in [6, 6.07) is 36.2. The van der Waals surface area contributed by atoms with Crippen molar-refractivity contribution in [3.8, 4) is 0 Å². The van der Waals surface area contributed by atoms with Crippen molar-refractivity contribution in [2.24, 2.45) is 0 Å². The molecule has 1 aliphatic rings. The molecule has 6 aromatic carbocycles. The Hall–Kier alpha value is -5.29. The van der Waals surface area contributed by atoms with Crippen molar-refractivity contribution in [3.05, 3.63) is 131 Å². The quantitative estimate of drug-likeness (QED) is 0.183. The number of hydrogen-bond donors (Lipinski definition) is 4. The van der Waals surface area contributed by atoms with Crippen LogP contribution in [0.2, 0.25) is 0 Å². The Bertz CT molecular complexity index is 1940. The maximum atomic E-state index is 13.5. The summed E-state index contributed by atoms with van der Waals surface area (Å²) in [6.45, 7) is 0. The number of hydrogen-bond acceptors (Lipinski definition) is 5. The van der Waals surface area contributed by atoms with E-state index < -0.39 is 0 Å². The second-order valence-corrected chi connectivity index (χ2v) is 10.1. The summed E-state index contributed by atoms with van der Waals surface area (Å²) < 4.78 is 0. The van der Waals surface area contributed by atoms with E-state index in [2.05, 4.69) is 41.0 Å². The number of carbonyl (C=O) groups excluding carboxylic acids is 1. The molecule has 7 rings (SSSR count). The van der Waals surface area contributed by atoms with Gasteiger partial charge in [-0.05, 0) is 118 Å². The van der Waals surface area contributed by atoms with Gasteiger partial charge in [0.25, 0.3) is 0 Å². The fraction of sp³-hybridized carbons (Fsp3) is 0.0294. The van der Waals surface area contributed by atoms with Crippen LogP contribution in [0.1, 0.15) is 27.0 Å². The Morgan fingerprint density at radius 1 is 0.462 bits per heavy atom. The SMILES string of the molecule is Nc1ccc2cc(Nc3ccc4c(c3)Cc3ccc(Nc5ccc6cc(N)ccc6c5)cc3C4=O)ccc2c1. The number of rotatable bonds is 4. The molecule has 1 aliphatic carbocycles. The van der Waals surface area contributed by atoms with E-state index in [1.165, 1.54) is 0 Å². The molecule has 5 nitrogen and oxygen atoms in total. The highest BCUT2D eigenvalue weighted by Gasteiger charge is 2.24. The number of nitrogens with one attached hydrogen (secondary N) is 2. The van der Waals surface area contributed by atoms with Gasteiger partial charge in [-0.15, -0.1) is 0 Å². The molecule has 0 aliphatic heterocycles. The molecule has 0 fully saturated rings. The summed E-state index contributed by atoms with van der Waals surface area (Å²) in [7, 11) is 0. The summed E-state index contributed by atoms with van der Waals surface area (Å²) in [5, 5.41) is 11.4. The Morgan fingerprint density at radius 2 is 0.949 bits per heavy atom. The average molecular weight is 507 g/mol. The molecular weight excluding hydrogens is 480 g/mol. The summed E-state index contributed by atoms with van der Waals surface area (Å²) in [5.74, 6) is 0.0544. The fourth-order valence-corrected chi connectivity index (χ4v) is 5.43. The number of nitrogens with two attached hydrogens (primary N) is 2. The molecule has 5 heteroatoms. The molecule has 0 bridgehead atoms. The monoisotopic (exact) mass is 506 g/mol. The summed E-state index contributed by atoms with van der Waals surface area (Å²) >= 11 is 0. The van der Waals surface area contributed by atoms with Crippen LogP contribution in [-0.2, 0) is 6.42 Å². The summed E-state index contributed by atoms with van der Waals surface area (Å²) in [6.07, 6.45) is 0.709. The van der Waals surface area contributed by atoms with E-state index in [1.807, 2.05) is 78.9 Å². The molecule has 0 radical (unpaired) electrons. The van der Waals surface area contributed by atoms with Gasteiger partial charge in [0.2, 0.25) is 0 Å². The molecule has 0 unspecified atom stereocenters. The van der Waals surface area contributed by atoms with E-state index in [0.29, 0.717) is 6.42 Å². The first-order chi connectivity index (χ1) is 19.0. The van der Waals surface area contributed by atoms with Crippen molar-refractivity contribution in [2.75, 3.05) is 22.1 Å². The molecule has 6 aromatic rings. The van der Waals surface area contributed by atoms with Gasteiger partial charge >= 0.3 is 0 Å². The van der Waals surface area contributed by atoms with E-state index in [4.69, 9.17) is 11.5 Å². The third-order valence-electron chi connectivity index (χ3n) is 7.39. The number of anilines is 6. The first-order valence-electron chi connectivity index (χ1n) is 12.9. The Labute approximate surface area is 226 Å². The zero-order valence-corrected chi connectivity index (χ0v) is 21.2. The number of nitrogen functional groups attached to an aromatic ring is 2. The summed E-state index contributed by atoms with van der Waals surface area (Å²) in [4.78, 5) is 13.5. The van der Waals surface area contributed by atoms with E-state index >= 15 is 0 Å². The molecule has 6 N–H and O–H groups in total. The number of fused-ring (bicyclic) bond motifs is 4. The van der Waals surface area contributed by atoms with Crippen molar-refractivity contribution in [2.45, 2.75) is 6.42 Å². The Balaban J connectivity index is 1.13. The molecule has 0 atom stereocenters. The smallest absolute Gasteiger partial charge is 0.193 e. The minimum Gasteiger partial charge on any atom is -0.399 e. The van der Waals surface area contributed by atoms with E-state index in [-0.39, 0.29) is 5.78 Å². The van der Waals surface area contributed by atoms with Gasteiger partial charge in [-0.1, -0.05) is 30.3 Å². The maximum Gasteiger partial charge on any atom is 0.193 e. The zero-order valence-electron chi connectivity index (χ0n) is 21.2. The second-order valence-electron chi connectivity index (χ2n) is 10.1. The summed E-state index contributed by atoms with van der Waals surface area (Å²) in [5.41, 5.74) is 20.7. The number of ketones is 1. The fourth-order valence-electron chi connectivity index (χ4n) is 5.43. The zero-order chi connectivity index (χ0) is 26.5. The maximum absolute atomic E-state index is 13.5. The van der Waals surface area contributed by atoms with Crippen LogP contribution in [-0.4, -0.2) is 5.78 Å². The molecule has 39 heavy (non-hydrogen) atoms. The van der Waals surface area contributed by atoms with Crippen LogP contribution in [0.25, 0.3) is 21.5 Å². The third kappa shape index (κ3) is 4.30. The molecule has 0 heterocycles. The molecular formula is C34H26N4O. The second kappa shape index (κ2) is 8.92. The van der Waals surface area contributed by atoms with Crippen molar-refractivity contribution < 1.29 is 4.79 Å². The lowest BCUT2D eigenvalue weighted by atomic mass is 9.84. The lowest BCUT2D eigenvalue weighted by molar-refractivity contribution is 0.103. The molecule has 0 spiro atoms. The third-order valence-corrected chi connectivity index (χ3v) is 7.39. The minimum absolute atomic E-state index is 0.0544. The lowest BCUT2D eigenvalue weighted by Gasteiger charge is -2.21. The van der Waals surface area contributed by atoms with Crippen LogP contribution >= 0.6 is 0 Å². The van der Waals surface area contributed by atoms with Gasteiger partial charge in [-0.25, -0.2) is 0 Å². The van der Waals surface area contributed by atoms with E-state index in [9.17, 15) is 4.79 Å². The highest BCUT2D eigenvalue weighted by atomic mass is 16.1. The minimum atomic E-state index is 0.0544. The molecule has 0 amide bonds. The average Bonchev–Trinajstić information content (AvgIpc) is 2.93. The Morgan fingerprint density at radius 3 is 1.59 bits per heavy atom. The van der Waals surface area contributed by atoms with Gasteiger partial charge in [-0.3, -0.25) is 4.79 Å². The number of benzene rings is 6. The topological polar surface area (TPSA) is 93.2 Å². The normalized spacial score (nSPS) is 12.3.